The van der Waals surface area contributed by atoms with E-state index in [0.29, 0.717) is 10.7 Å². The van der Waals surface area contributed by atoms with E-state index in [1.807, 2.05) is 83.6 Å². The normalized spacial score (nSPS) is 10.9. The van der Waals surface area contributed by atoms with E-state index >= 15 is 0 Å². The van der Waals surface area contributed by atoms with Gasteiger partial charge in [0, 0.05) is 16.3 Å². The Morgan fingerprint density at radius 3 is 2.48 bits per heavy atom. The molecule has 2 aromatic carbocycles. The van der Waals surface area contributed by atoms with Gasteiger partial charge in [-0.25, -0.2) is 9.97 Å². The number of hydrogen-bond donors (Lipinski definition) is 1. The van der Waals surface area contributed by atoms with Gasteiger partial charge in [-0.15, -0.1) is 22.7 Å². The molecule has 1 N–H and O–H groups in total. The van der Waals surface area contributed by atoms with Crippen LogP contribution in [0.15, 0.2) is 83.6 Å². The third-order valence-corrected chi connectivity index (χ3v) is 6.18. The molecule has 5 aromatic rings. The van der Waals surface area contributed by atoms with Crippen molar-refractivity contribution < 1.29 is 4.79 Å². The quantitative estimate of drug-likeness (QED) is 0.374. The average molecular weight is 414 g/mol. The largest absolute Gasteiger partial charge is 0.298 e. The Kier molecular flexibility index (Phi) is 4.63. The van der Waals surface area contributed by atoms with Gasteiger partial charge in [-0.2, -0.15) is 0 Å². The summed E-state index contributed by atoms with van der Waals surface area (Å²) < 4.78 is 0. The molecule has 0 fully saturated rings. The summed E-state index contributed by atoms with van der Waals surface area (Å²) in [6, 6.07) is 23.4. The number of aromatic nitrogens is 2. The van der Waals surface area contributed by atoms with E-state index < -0.39 is 0 Å². The van der Waals surface area contributed by atoms with Crippen molar-refractivity contribution in [3.8, 4) is 21.8 Å². The van der Waals surface area contributed by atoms with E-state index in [0.717, 1.165) is 32.7 Å². The van der Waals surface area contributed by atoms with Crippen molar-refractivity contribution in [2.45, 2.75) is 0 Å². The molecule has 1 amide bonds. The number of thiazole rings is 1. The summed E-state index contributed by atoms with van der Waals surface area (Å²) in [5.41, 5.74) is 4.00. The molecule has 29 heavy (non-hydrogen) atoms. The summed E-state index contributed by atoms with van der Waals surface area (Å²) in [5.74, 6) is -0.187. The number of carbonyl (C=O) groups excluding carboxylic acids is 1. The summed E-state index contributed by atoms with van der Waals surface area (Å²) in [7, 11) is 0. The number of anilines is 1. The molecule has 0 spiro atoms. The van der Waals surface area contributed by atoms with Crippen LogP contribution in [0.25, 0.3) is 32.7 Å². The first-order chi connectivity index (χ1) is 14.3. The highest BCUT2D eigenvalue weighted by Gasteiger charge is 2.16. The van der Waals surface area contributed by atoms with Gasteiger partial charge in [0.2, 0.25) is 0 Å². The topological polar surface area (TPSA) is 54.9 Å². The molecule has 3 aromatic heterocycles. The zero-order valence-corrected chi connectivity index (χ0v) is 16.8. The number of hydrogen-bond acceptors (Lipinski definition) is 5. The maximum atomic E-state index is 13.1. The van der Waals surface area contributed by atoms with Gasteiger partial charge in [-0.3, -0.25) is 10.1 Å². The lowest BCUT2D eigenvalue weighted by Gasteiger charge is -2.09. The van der Waals surface area contributed by atoms with Crippen molar-refractivity contribution in [1.29, 1.82) is 0 Å². The number of fused-ring (bicyclic) bond motifs is 1. The Labute approximate surface area is 175 Å². The molecule has 0 atom stereocenters. The Balaban J connectivity index is 1.52. The molecule has 0 saturated carbocycles. The maximum Gasteiger partial charge on any atom is 0.258 e. The van der Waals surface area contributed by atoms with Crippen LogP contribution < -0.4 is 5.32 Å². The smallest absolute Gasteiger partial charge is 0.258 e. The Bertz CT molecular complexity index is 1290. The van der Waals surface area contributed by atoms with E-state index in [1.54, 1.807) is 11.3 Å². The number of nitrogens with one attached hydrogen (secondary N) is 1. The van der Waals surface area contributed by atoms with Crippen LogP contribution in [0.1, 0.15) is 10.4 Å². The first-order valence-electron chi connectivity index (χ1n) is 9.04. The van der Waals surface area contributed by atoms with E-state index in [2.05, 4.69) is 10.3 Å². The van der Waals surface area contributed by atoms with Crippen molar-refractivity contribution in [2.24, 2.45) is 0 Å². The molecule has 0 aliphatic rings. The molecule has 3 heterocycles. The van der Waals surface area contributed by atoms with Crippen molar-refractivity contribution in [1.82, 2.24) is 9.97 Å². The third-order valence-electron chi connectivity index (χ3n) is 4.53. The Hall–Kier alpha value is -3.35. The molecule has 5 rings (SSSR count). The first kappa shape index (κ1) is 17.7. The molecule has 140 valence electrons. The second-order valence-corrected chi connectivity index (χ2v) is 8.21. The third kappa shape index (κ3) is 3.55. The predicted octanol–water partition coefficient (Wildman–Crippen LogP) is 6.34. The summed E-state index contributed by atoms with van der Waals surface area (Å²) in [5, 5.41) is 8.33. The van der Waals surface area contributed by atoms with Gasteiger partial charge in [0.05, 0.1) is 27.3 Å². The van der Waals surface area contributed by atoms with Gasteiger partial charge in [0.1, 0.15) is 0 Å². The summed E-state index contributed by atoms with van der Waals surface area (Å²) in [4.78, 5) is 23.5. The van der Waals surface area contributed by atoms with Crippen molar-refractivity contribution in [3.05, 3.63) is 89.1 Å². The van der Waals surface area contributed by atoms with Crippen LogP contribution in [0, 0.1) is 0 Å². The molecule has 6 heteroatoms. The zero-order valence-electron chi connectivity index (χ0n) is 15.2. The number of amides is 1. The number of thiophene rings is 1. The fraction of sp³-hybridized carbons (Fsp3) is 0. The van der Waals surface area contributed by atoms with E-state index in [4.69, 9.17) is 4.98 Å². The van der Waals surface area contributed by atoms with E-state index in [9.17, 15) is 4.79 Å². The average Bonchev–Trinajstić information content (AvgIpc) is 3.45. The molecule has 0 saturated heterocycles. The minimum atomic E-state index is -0.187. The number of carbonyl (C=O) groups is 1. The zero-order chi connectivity index (χ0) is 19.6. The fourth-order valence-corrected chi connectivity index (χ4v) is 4.62. The predicted molar refractivity (Wildman–Crippen MR) is 121 cm³/mol. The standard InChI is InChI=1S/C23H15N3OS2/c27-22(26-23-25-20(14-29-23)21-11-6-12-28-21)17-13-19(15-7-2-1-3-8-15)24-18-10-5-4-9-16(17)18/h1-14H,(H,25,26,27). The number of rotatable bonds is 4. The van der Waals surface area contributed by atoms with Gasteiger partial charge >= 0.3 is 0 Å². The van der Waals surface area contributed by atoms with Crippen LogP contribution in [0.5, 0.6) is 0 Å². The Morgan fingerprint density at radius 1 is 0.828 bits per heavy atom. The molecular formula is C23H15N3OS2. The van der Waals surface area contributed by atoms with Gasteiger partial charge in [0.25, 0.3) is 5.91 Å². The van der Waals surface area contributed by atoms with Crippen molar-refractivity contribution in [3.63, 3.8) is 0 Å². The number of nitrogens with zero attached hydrogens (tertiary/aromatic N) is 2. The second-order valence-electron chi connectivity index (χ2n) is 6.41. The minimum absolute atomic E-state index is 0.187. The lowest BCUT2D eigenvalue weighted by molar-refractivity contribution is 0.102. The van der Waals surface area contributed by atoms with Gasteiger partial charge in [0.15, 0.2) is 5.13 Å². The number of para-hydroxylation sites is 1. The van der Waals surface area contributed by atoms with Gasteiger partial charge < -0.3 is 0 Å². The van der Waals surface area contributed by atoms with Crippen LogP contribution in [0.3, 0.4) is 0 Å². The van der Waals surface area contributed by atoms with Crippen LogP contribution in [0.4, 0.5) is 5.13 Å². The van der Waals surface area contributed by atoms with Gasteiger partial charge in [-0.1, -0.05) is 54.6 Å². The van der Waals surface area contributed by atoms with E-state index in [-0.39, 0.29) is 5.91 Å². The monoisotopic (exact) mass is 413 g/mol. The lowest BCUT2D eigenvalue weighted by atomic mass is 10.0. The lowest BCUT2D eigenvalue weighted by Crippen LogP contribution is -2.13. The molecule has 0 aliphatic heterocycles. The van der Waals surface area contributed by atoms with Crippen LogP contribution >= 0.6 is 22.7 Å². The summed E-state index contributed by atoms with van der Waals surface area (Å²) >= 11 is 3.05. The molecular weight excluding hydrogens is 398 g/mol. The molecule has 4 nitrogen and oxygen atoms in total. The number of pyridine rings is 1. The van der Waals surface area contributed by atoms with Crippen LogP contribution in [-0.2, 0) is 0 Å². The van der Waals surface area contributed by atoms with Crippen molar-refractivity contribution >= 4 is 44.6 Å². The highest BCUT2D eigenvalue weighted by atomic mass is 32.1. The highest BCUT2D eigenvalue weighted by molar-refractivity contribution is 7.16. The van der Waals surface area contributed by atoms with Crippen molar-refractivity contribution in [2.75, 3.05) is 5.32 Å². The summed E-state index contributed by atoms with van der Waals surface area (Å²) in [6.07, 6.45) is 0. The molecule has 0 bridgehead atoms. The SMILES string of the molecule is O=C(Nc1nc(-c2cccs2)cs1)c1cc(-c2ccccc2)nc2ccccc12. The summed E-state index contributed by atoms with van der Waals surface area (Å²) in [6.45, 7) is 0. The molecule has 0 aliphatic carbocycles. The first-order valence-corrected chi connectivity index (χ1v) is 10.8. The van der Waals surface area contributed by atoms with E-state index in [1.165, 1.54) is 11.3 Å². The second kappa shape index (κ2) is 7.58. The minimum Gasteiger partial charge on any atom is -0.298 e. The number of benzene rings is 2. The van der Waals surface area contributed by atoms with Crippen LogP contribution in [-0.4, -0.2) is 15.9 Å². The van der Waals surface area contributed by atoms with Crippen LogP contribution in [0.2, 0.25) is 0 Å². The van der Waals surface area contributed by atoms with Gasteiger partial charge in [-0.05, 0) is 23.6 Å². The highest BCUT2D eigenvalue weighted by Crippen LogP contribution is 2.30. The molecule has 0 radical (unpaired) electrons. The molecule has 0 unspecified atom stereocenters. The maximum absolute atomic E-state index is 13.1. The fourth-order valence-electron chi connectivity index (χ4n) is 3.15. The Morgan fingerprint density at radius 2 is 1.66 bits per heavy atom.